The maximum Gasteiger partial charge on any atom is 0.316 e. The zero-order chi connectivity index (χ0) is 14.6. The zero-order valence-corrected chi connectivity index (χ0v) is 12.6. The van der Waals surface area contributed by atoms with Crippen LogP contribution >= 0.6 is 12.4 Å². The average molecular weight is 315 g/mol. The summed E-state index contributed by atoms with van der Waals surface area (Å²) in [7, 11) is 4.74. The van der Waals surface area contributed by atoms with Crippen LogP contribution in [0.2, 0.25) is 0 Å². The van der Waals surface area contributed by atoms with Gasteiger partial charge >= 0.3 is 6.03 Å². The second kappa shape index (κ2) is 7.58. The molecule has 118 valence electrons. The fourth-order valence-corrected chi connectivity index (χ4v) is 1.75. The van der Waals surface area contributed by atoms with E-state index in [0.29, 0.717) is 0 Å². The van der Waals surface area contributed by atoms with Crippen molar-refractivity contribution in [1.29, 1.82) is 0 Å². The molecule has 0 radical (unpaired) electrons. The third-order valence-corrected chi connectivity index (χ3v) is 2.91. The van der Waals surface area contributed by atoms with Gasteiger partial charge in [-0.15, -0.1) is 12.4 Å². The van der Waals surface area contributed by atoms with Gasteiger partial charge in [0, 0.05) is 40.7 Å². The van der Waals surface area contributed by atoms with Crippen molar-refractivity contribution in [2.24, 2.45) is 0 Å². The minimum absolute atomic E-state index is 0. The smallest absolute Gasteiger partial charge is 0.316 e. The standard InChI is InChI=1S/C11H20F2N4O2.ClH/c1-16(2)10(19)14-4-5-17(3)9(18)8-6-11(12,13)7-15-8;/h8,15H,4-7H2,1-3H3,(H,14,19);1H. The molecule has 1 fully saturated rings. The van der Waals surface area contributed by atoms with Crippen molar-refractivity contribution in [2.45, 2.75) is 18.4 Å². The number of nitrogens with one attached hydrogen (secondary N) is 2. The van der Waals surface area contributed by atoms with Crippen LogP contribution in [0.1, 0.15) is 6.42 Å². The molecule has 0 spiro atoms. The van der Waals surface area contributed by atoms with Gasteiger partial charge < -0.3 is 15.1 Å². The Morgan fingerprint density at radius 3 is 2.40 bits per heavy atom. The van der Waals surface area contributed by atoms with Crippen LogP contribution in [0.3, 0.4) is 0 Å². The summed E-state index contributed by atoms with van der Waals surface area (Å²) in [5.41, 5.74) is 0. The number of hydrogen-bond donors (Lipinski definition) is 2. The second-order valence-electron chi connectivity index (χ2n) is 4.88. The van der Waals surface area contributed by atoms with Crippen molar-refractivity contribution in [2.75, 3.05) is 40.8 Å². The third-order valence-electron chi connectivity index (χ3n) is 2.91. The molecule has 3 amide bonds. The summed E-state index contributed by atoms with van der Waals surface area (Å²) in [5, 5.41) is 5.11. The van der Waals surface area contributed by atoms with E-state index in [1.807, 2.05) is 0 Å². The lowest BCUT2D eigenvalue weighted by Gasteiger charge is -2.21. The summed E-state index contributed by atoms with van der Waals surface area (Å²) in [6.45, 7) is 0.0964. The average Bonchev–Trinajstić information content (AvgIpc) is 2.68. The Morgan fingerprint density at radius 1 is 1.35 bits per heavy atom. The van der Waals surface area contributed by atoms with Gasteiger partial charge in [0.1, 0.15) is 0 Å². The normalized spacial score (nSPS) is 19.9. The van der Waals surface area contributed by atoms with Crippen molar-refractivity contribution in [3.63, 3.8) is 0 Å². The van der Waals surface area contributed by atoms with E-state index in [2.05, 4.69) is 10.6 Å². The van der Waals surface area contributed by atoms with E-state index in [-0.39, 0.29) is 37.4 Å². The Hall–Kier alpha value is -1.15. The largest absolute Gasteiger partial charge is 0.343 e. The van der Waals surface area contributed by atoms with Gasteiger partial charge in [0.2, 0.25) is 5.91 Å². The van der Waals surface area contributed by atoms with Crippen LogP contribution in [0.15, 0.2) is 0 Å². The lowest BCUT2D eigenvalue weighted by atomic mass is 10.2. The van der Waals surface area contributed by atoms with Crippen molar-refractivity contribution in [1.82, 2.24) is 20.4 Å². The molecular weight excluding hydrogens is 294 g/mol. The van der Waals surface area contributed by atoms with Crippen molar-refractivity contribution in [3.05, 3.63) is 0 Å². The molecule has 0 aromatic carbocycles. The van der Waals surface area contributed by atoms with Gasteiger partial charge in [-0.1, -0.05) is 0 Å². The number of amides is 3. The van der Waals surface area contributed by atoms with Crippen molar-refractivity contribution in [3.8, 4) is 0 Å². The number of rotatable bonds is 4. The molecule has 9 heteroatoms. The first-order valence-electron chi connectivity index (χ1n) is 6.04. The number of carbonyl (C=O) groups excluding carboxylic acids is 2. The van der Waals surface area contributed by atoms with E-state index >= 15 is 0 Å². The molecule has 0 aromatic heterocycles. The molecule has 6 nitrogen and oxygen atoms in total. The lowest BCUT2D eigenvalue weighted by molar-refractivity contribution is -0.132. The van der Waals surface area contributed by atoms with Crippen LogP contribution in [0.25, 0.3) is 0 Å². The summed E-state index contributed by atoms with van der Waals surface area (Å²) >= 11 is 0. The molecule has 1 unspecified atom stereocenters. The number of carbonyl (C=O) groups is 2. The molecule has 1 aliphatic heterocycles. The molecule has 1 saturated heterocycles. The Bertz CT molecular complexity index is 355. The Kier molecular flexibility index (Phi) is 7.15. The Morgan fingerprint density at radius 2 is 1.95 bits per heavy atom. The molecule has 1 heterocycles. The SMILES string of the molecule is CN(C)C(=O)NCCN(C)C(=O)C1CC(F)(F)CN1.Cl. The summed E-state index contributed by atoms with van der Waals surface area (Å²) in [4.78, 5) is 25.8. The van der Waals surface area contributed by atoms with Crippen molar-refractivity contribution < 1.29 is 18.4 Å². The van der Waals surface area contributed by atoms with Crippen LogP contribution in [0, 0.1) is 0 Å². The van der Waals surface area contributed by atoms with Crippen molar-refractivity contribution >= 4 is 24.3 Å². The number of alkyl halides is 2. The number of hydrogen-bond acceptors (Lipinski definition) is 3. The molecule has 0 aromatic rings. The van der Waals surface area contributed by atoms with Gasteiger partial charge in [0.05, 0.1) is 12.6 Å². The quantitative estimate of drug-likeness (QED) is 0.775. The van der Waals surface area contributed by atoms with Gasteiger partial charge in [0.15, 0.2) is 0 Å². The maximum atomic E-state index is 13.0. The highest BCUT2D eigenvalue weighted by molar-refractivity contribution is 5.85. The third kappa shape index (κ3) is 5.46. The molecule has 0 bridgehead atoms. The van der Waals surface area contributed by atoms with Gasteiger partial charge in [-0.05, 0) is 0 Å². The van der Waals surface area contributed by atoms with Gasteiger partial charge in [-0.3, -0.25) is 10.1 Å². The number of urea groups is 1. The van der Waals surface area contributed by atoms with E-state index < -0.39 is 24.9 Å². The highest BCUT2D eigenvalue weighted by Crippen LogP contribution is 2.25. The van der Waals surface area contributed by atoms with Crippen LogP contribution in [0.4, 0.5) is 13.6 Å². The Balaban J connectivity index is 0.00000361. The number of nitrogens with zero attached hydrogens (tertiary/aromatic N) is 2. The molecule has 2 N–H and O–H groups in total. The predicted octanol–water partition coefficient (Wildman–Crippen LogP) is 0.135. The minimum atomic E-state index is -2.82. The summed E-state index contributed by atoms with van der Waals surface area (Å²) in [5.74, 6) is -3.20. The molecule has 20 heavy (non-hydrogen) atoms. The lowest BCUT2D eigenvalue weighted by Crippen LogP contribution is -2.45. The van der Waals surface area contributed by atoms with Crippen LogP contribution in [-0.2, 0) is 4.79 Å². The molecule has 0 aliphatic carbocycles. The van der Waals surface area contributed by atoms with Gasteiger partial charge in [-0.25, -0.2) is 13.6 Å². The first-order chi connectivity index (χ1) is 8.73. The zero-order valence-electron chi connectivity index (χ0n) is 11.8. The molecular formula is C11H21ClF2N4O2. The van der Waals surface area contributed by atoms with E-state index in [4.69, 9.17) is 0 Å². The molecule has 1 atom stereocenters. The van der Waals surface area contributed by atoms with Crippen LogP contribution in [-0.4, -0.2) is 74.5 Å². The van der Waals surface area contributed by atoms with Crippen LogP contribution in [0.5, 0.6) is 0 Å². The monoisotopic (exact) mass is 314 g/mol. The Labute approximate surface area is 123 Å². The van der Waals surface area contributed by atoms with Gasteiger partial charge in [-0.2, -0.15) is 0 Å². The topological polar surface area (TPSA) is 64.7 Å². The predicted molar refractivity (Wildman–Crippen MR) is 73.3 cm³/mol. The van der Waals surface area contributed by atoms with E-state index in [9.17, 15) is 18.4 Å². The highest BCUT2D eigenvalue weighted by atomic mass is 35.5. The molecule has 1 rings (SSSR count). The number of likely N-dealkylation sites (N-methyl/N-ethyl adjacent to an activating group) is 1. The van der Waals surface area contributed by atoms with Gasteiger partial charge in [0.25, 0.3) is 5.92 Å². The first-order valence-corrected chi connectivity index (χ1v) is 6.04. The molecule has 0 saturated carbocycles. The summed E-state index contributed by atoms with van der Waals surface area (Å²) < 4.78 is 25.9. The van der Waals surface area contributed by atoms with E-state index in [1.54, 1.807) is 14.1 Å². The second-order valence-corrected chi connectivity index (χ2v) is 4.88. The summed E-state index contributed by atoms with van der Waals surface area (Å²) in [6, 6.07) is -1.10. The van der Waals surface area contributed by atoms with E-state index in [1.165, 1.54) is 16.8 Å². The maximum absolute atomic E-state index is 13.0. The highest BCUT2D eigenvalue weighted by Gasteiger charge is 2.42. The first kappa shape index (κ1) is 18.9. The summed E-state index contributed by atoms with van der Waals surface area (Å²) in [6.07, 6.45) is -0.472. The van der Waals surface area contributed by atoms with Crippen LogP contribution < -0.4 is 10.6 Å². The number of halogens is 3. The minimum Gasteiger partial charge on any atom is -0.343 e. The fraction of sp³-hybridized carbons (Fsp3) is 0.818. The molecule has 1 aliphatic rings. The fourth-order valence-electron chi connectivity index (χ4n) is 1.75. The van der Waals surface area contributed by atoms with E-state index in [0.717, 1.165) is 0 Å².